The second-order valence-electron chi connectivity index (χ2n) is 7.20. The zero-order chi connectivity index (χ0) is 15.0. The Balaban J connectivity index is 2.32. The highest BCUT2D eigenvalue weighted by Crippen LogP contribution is 2.37. The van der Waals surface area contributed by atoms with Crippen molar-refractivity contribution in [1.29, 1.82) is 0 Å². The zero-order valence-corrected chi connectivity index (χ0v) is 14.2. The predicted molar refractivity (Wildman–Crippen MR) is 85.1 cm³/mol. The van der Waals surface area contributed by atoms with Crippen LogP contribution in [0.1, 0.15) is 53.9 Å². The maximum Gasteiger partial charge on any atom is 0.0617 e. The fraction of sp³-hybridized carbons (Fsp3) is 1.00. The molecule has 120 valence electrons. The smallest absolute Gasteiger partial charge is 0.0617 e. The summed E-state index contributed by atoms with van der Waals surface area (Å²) in [6, 6.07) is 0. The van der Waals surface area contributed by atoms with Crippen molar-refractivity contribution >= 4 is 0 Å². The molecule has 1 aliphatic rings. The van der Waals surface area contributed by atoms with Crippen molar-refractivity contribution in [1.82, 2.24) is 5.32 Å². The molecule has 0 spiro atoms. The fourth-order valence-corrected chi connectivity index (χ4v) is 2.77. The van der Waals surface area contributed by atoms with Gasteiger partial charge in [0.1, 0.15) is 0 Å². The van der Waals surface area contributed by atoms with Crippen LogP contribution in [-0.4, -0.2) is 39.0 Å². The van der Waals surface area contributed by atoms with Gasteiger partial charge >= 0.3 is 0 Å². The molecule has 0 aliphatic carbocycles. The van der Waals surface area contributed by atoms with Gasteiger partial charge in [-0.15, -0.1) is 0 Å². The SMILES string of the molecule is CC(C)CCOCCC1(CNCC(C)C)CCOC1C. The van der Waals surface area contributed by atoms with Crippen LogP contribution in [0.15, 0.2) is 0 Å². The summed E-state index contributed by atoms with van der Waals surface area (Å²) in [7, 11) is 0. The molecule has 0 aromatic heterocycles. The summed E-state index contributed by atoms with van der Waals surface area (Å²) in [5, 5.41) is 3.62. The third-order valence-corrected chi connectivity index (χ3v) is 4.44. The summed E-state index contributed by atoms with van der Waals surface area (Å²) in [4.78, 5) is 0. The number of ether oxygens (including phenoxy) is 2. The van der Waals surface area contributed by atoms with Gasteiger partial charge in [-0.3, -0.25) is 0 Å². The average Bonchev–Trinajstić information content (AvgIpc) is 2.70. The van der Waals surface area contributed by atoms with E-state index in [0.29, 0.717) is 12.0 Å². The largest absolute Gasteiger partial charge is 0.381 e. The highest BCUT2D eigenvalue weighted by atomic mass is 16.5. The Morgan fingerprint density at radius 2 is 1.95 bits per heavy atom. The molecule has 1 fully saturated rings. The minimum Gasteiger partial charge on any atom is -0.381 e. The van der Waals surface area contributed by atoms with E-state index in [9.17, 15) is 0 Å². The van der Waals surface area contributed by atoms with Crippen LogP contribution in [0, 0.1) is 17.3 Å². The molecule has 1 aliphatic heterocycles. The summed E-state index contributed by atoms with van der Waals surface area (Å²) in [6.45, 7) is 16.0. The molecule has 1 N–H and O–H groups in total. The Bertz CT molecular complexity index is 255. The quantitative estimate of drug-likeness (QED) is 0.623. The van der Waals surface area contributed by atoms with Gasteiger partial charge in [-0.25, -0.2) is 0 Å². The van der Waals surface area contributed by atoms with Crippen molar-refractivity contribution in [3.05, 3.63) is 0 Å². The Hall–Kier alpha value is -0.120. The van der Waals surface area contributed by atoms with Crippen molar-refractivity contribution in [2.24, 2.45) is 17.3 Å². The molecule has 2 unspecified atom stereocenters. The first-order chi connectivity index (χ1) is 9.46. The number of rotatable bonds is 10. The second kappa shape index (κ2) is 9.01. The molecule has 3 heteroatoms. The lowest BCUT2D eigenvalue weighted by molar-refractivity contribution is 0.0310. The van der Waals surface area contributed by atoms with Crippen molar-refractivity contribution < 1.29 is 9.47 Å². The van der Waals surface area contributed by atoms with Gasteiger partial charge in [0.05, 0.1) is 6.10 Å². The number of nitrogens with one attached hydrogen (secondary N) is 1. The van der Waals surface area contributed by atoms with E-state index in [-0.39, 0.29) is 5.41 Å². The van der Waals surface area contributed by atoms with E-state index in [2.05, 4.69) is 39.9 Å². The van der Waals surface area contributed by atoms with Crippen LogP contribution in [0.2, 0.25) is 0 Å². The van der Waals surface area contributed by atoms with Crippen molar-refractivity contribution in [2.75, 3.05) is 32.9 Å². The van der Waals surface area contributed by atoms with E-state index in [1.807, 2.05) is 0 Å². The van der Waals surface area contributed by atoms with Gasteiger partial charge in [0, 0.05) is 31.8 Å². The summed E-state index contributed by atoms with van der Waals surface area (Å²) >= 11 is 0. The van der Waals surface area contributed by atoms with Gasteiger partial charge in [-0.05, 0) is 44.6 Å². The molecule has 0 aromatic carbocycles. The van der Waals surface area contributed by atoms with Crippen molar-refractivity contribution in [3.63, 3.8) is 0 Å². The zero-order valence-electron chi connectivity index (χ0n) is 14.2. The van der Waals surface area contributed by atoms with Gasteiger partial charge in [-0.1, -0.05) is 27.7 Å². The topological polar surface area (TPSA) is 30.5 Å². The van der Waals surface area contributed by atoms with Gasteiger partial charge in [0.25, 0.3) is 0 Å². The van der Waals surface area contributed by atoms with E-state index in [1.165, 1.54) is 0 Å². The van der Waals surface area contributed by atoms with E-state index >= 15 is 0 Å². The molecule has 0 aromatic rings. The minimum atomic E-state index is 0.271. The van der Waals surface area contributed by atoms with E-state index in [4.69, 9.17) is 9.47 Å². The highest BCUT2D eigenvalue weighted by molar-refractivity contribution is 4.91. The Morgan fingerprint density at radius 3 is 2.50 bits per heavy atom. The average molecular weight is 285 g/mol. The van der Waals surface area contributed by atoms with Crippen molar-refractivity contribution in [3.8, 4) is 0 Å². The van der Waals surface area contributed by atoms with E-state index < -0.39 is 0 Å². The predicted octanol–water partition coefficient (Wildman–Crippen LogP) is 3.48. The van der Waals surface area contributed by atoms with Gasteiger partial charge in [0.15, 0.2) is 0 Å². The van der Waals surface area contributed by atoms with Gasteiger partial charge < -0.3 is 14.8 Å². The summed E-state index contributed by atoms with van der Waals surface area (Å²) in [5.74, 6) is 1.43. The fourth-order valence-electron chi connectivity index (χ4n) is 2.77. The van der Waals surface area contributed by atoms with Crippen LogP contribution in [0.3, 0.4) is 0 Å². The third kappa shape index (κ3) is 6.11. The molecule has 0 amide bonds. The standard InChI is InChI=1S/C17H35NO2/c1-14(2)6-9-19-10-7-17(8-11-20-16(17)5)13-18-12-15(3)4/h14-16,18H,6-13H2,1-5H3. The highest BCUT2D eigenvalue weighted by Gasteiger charge is 2.40. The van der Waals surface area contributed by atoms with Gasteiger partial charge in [-0.2, -0.15) is 0 Å². The van der Waals surface area contributed by atoms with Crippen LogP contribution in [0.25, 0.3) is 0 Å². The van der Waals surface area contributed by atoms with E-state index in [0.717, 1.165) is 58.1 Å². The maximum absolute atomic E-state index is 5.83. The monoisotopic (exact) mass is 285 g/mol. The molecule has 0 bridgehead atoms. The lowest BCUT2D eigenvalue weighted by Gasteiger charge is -2.33. The first kappa shape index (κ1) is 17.9. The summed E-state index contributed by atoms with van der Waals surface area (Å²) < 4.78 is 11.6. The Morgan fingerprint density at radius 1 is 1.20 bits per heavy atom. The van der Waals surface area contributed by atoms with Crippen LogP contribution in [-0.2, 0) is 9.47 Å². The van der Waals surface area contributed by atoms with Crippen LogP contribution >= 0.6 is 0 Å². The maximum atomic E-state index is 5.83. The van der Waals surface area contributed by atoms with Crippen LogP contribution in [0.5, 0.6) is 0 Å². The van der Waals surface area contributed by atoms with E-state index in [1.54, 1.807) is 0 Å². The van der Waals surface area contributed by atoms with Crippen LogP contribution < -0.4 is 5.32 Å². The summed E-state index contributed by atoms with van der Waals surface area (Å²) in [5.41, 5.74) is 0.271. The van der Waals surface area contributed by atoms with Crippen LogP contribution in [0.4, 0.5) is 0 Å². The molecule has 1 saturated heterocycles. The number of hydrogen-bond acceptors (Lipinski definition) is 3. The molecule has 2 atom stereocenters. The first-order valence-corrected chi connectivity index (χ1v) is 8.36. The molecular formula is C17H35NO2. The Kier molecular flexibility index (Phi) is 8.08. The molecule has 0 saturated carbocycles. The Labute approximate surface area is 125 Å². The van der Waals surface area contributed by atoms with Crippen molar-refractivity contribution in [2.45, 2.75) is 60.0 Å². The van der Waals surface area contributed by atoms with Gasteiger partial charge in [0.2, 0.25) is 0 Å². The lowest BCUT2D eigenvalue weighted by Crippen LogP contribution is -2.41. The molecular weight excluding hydrogens is 250 g/mol. The lowest BCUT2D eigenvalue weighted by atomic mass is 9.78. The third-order valence-electron chi connectivity index (χ3n) is 4.44. The molecule has 20 heavy (non-hydrogen) atoms. The molecule has 1 rings (SSSR count). The first-order valence-electron chi connectivity index (χ1n) is 8.36. The summed E-state index contributed by atoms with van der Waals surface area (Å²) in [6.07, 6.45) is 3.77. The minimum absolute atomic E-state index is 0.271. The number of hydrogen-bond donors (Lipinski definition) is 1. The molecule has 1 heterocycles. The second-order valence-corrected chi connectivity index (χ2v) is 7.20. The molecule has 0 radical (unpaired) electrons. The molecule has 3 nitrogen and oxygen atoms in total. The normalized spacial score (nSPS) is 26.9.